The molecule has 1 fully saturated rings. The number of aliphatic hydroxyl groups excluding tert-OH is 1. The first-order valence-corrected chi connectivity index (χ1v) is 9.84. The number of benzene rings is 1. The number of hydrogen-bond acceptors (Lipinski definition) is 9. The zero-order chi connectivity index (χ0) is 22.9. The predicted molar refractivity (Wildman–Crippen MR) is 107 cm³/mol. The van der Waals surface area contributed by atoms with Crippen LogP contribution in [-0.2, 0) is 33.3 Å². The number of aromatic nitrogens is 2. The minimum absolute atomic E-state index is 0.524. The maximum atomic E-state index is 11.9. The molecular weight excluding hydrogens is 408 g/mol. The van der Waals surface area contributed by atoms with E-state index in [1.54, 1.807) is 4.57 Å². The van der Waals surface area contributed by atoms with E-state index in [0.717, 1.165) is 11.1 Å². The lowest BCUT2D eigenvalue weighted by Gasteiger charge is -2.44. The number of rotatable bonds is 5. The van der Waals surface area contributed by atoms with Crippen molar-refractivity contribution in [1.29, 1.82) is 0 Å². The van der Waals surface area contributed by atoms with Crippen molar-refractivity contribution in [2.75, 3.05) is 6.61 Å². The van der Waals surface area contributed by atoms with Gasteiger partial charge in [-0.2, -0.15) is 0 Å². The van der Waals surface area contributed by atoms with Gasteiger partial charge in [0, 0.05) is 20.8 Å². The highest BCUT2D eigenvalue weighted by atomic mass is 16.7. The first-order valence-electron chi connectivity index (χ1n) is 9.84. The van der Waals surface area contributed by atoms with E-state index in [0.29, 0.717) is 11.0 Å². The Labute approximate surface area is 179 Å². The van der Waals surface area contributed by atoms with Crippen LogP contribution in [0.1, 0.15) is 38.1 Å². The molecule has 1 aromatic heterocycles. The fourth-order valence-electron chi connectivity index (χ4n) is 3.73. The molecule has 168 valence electrons. The highest BCUT2D eigenvalue weighted by Gasteiger charge is 2.52. The van der Waals surface area contributed by atoms with Crippen molar-refractivity contribution in [2.45, 2.75) is 65.3 Å². The van der Waals surface area contributed by atoms with Gasteiger partial charge in [0.25, 0.3) is 0 Å². The average Bonchev–Trinajstić information content (AvgIpc) is 3.06. The molecule has 10 heteroatoms. The molecule has 10 nitrogen and oxygen atoms in total. The van der Waals surface area contributed by atoms with Crippen LogP contribution >= 0.6 is 0 Å². The first kappa shape index (κ1) is 22.7. The number of aryl methyl sites for hydroxylation is 2. The van der Waals surface area contributed by atoms with Crippen LogP contribution in [-0.4, -0.2) is 63.6 Å². The van der Waals surface area contributed by atoms with E-state index in [9.17, 15) is 19.5 Å². The van der Waals surface area contributed by atoms with Crippen molar-refractivity contribution in [3.63, 3.8) is 0 Å². The third-order valence-corrected chi connectivity index (χ3v) is 5.16. The molecule has 3 rings (SSSR count). The molecule has 5 atom stereocenters. The number of aliphatic hydroxyl groups is 1. The Morgan fingerprint density at radius 2 is 1.52 bits per heavy atom. The van der Waals surface area contributed by atoms with E-state index in [-0.39, 0.29) is 0 Å². The lowest BCUT2D eigenvalue weighted by atomic mass is 9.97. The third-order valence-electron chi connectivity index (χ3n) is 5.16. The fourth-order valence-corrected chi connectivity index (χ4v) is 3.73. The number of imidazole rings is 1. The zero-order valence-corrected chi connectivity index (χ0v) is 18.0. The second-order valence-electron chi connectivity index (χ2n) is 7.55. The summed E-state index contributed by atoms with van der Waals surface area (Å²) in [6, 6.07) is 3.83. The van der Waals surface area contributed by atoms with Gasteiger partial charge < -0.3 is 28.6 Å². The van der Waals surface area contributed by atoms with Gasteiger partial charge in [-0.3, -0.25) is 14.4 Å². The topological polar surface area (TPSA) is 126 Å². The summed E-state index contributed by atoms with van der Waals surface area (Å²) < 4.78 is 23.9. The minimum Gasteiger partial charge on any atom is -0.456 e. The monoisotopic (exact) mass is 434 g/mol. The summed E-state index contributed by atoms with van der Waals surface area (Å²) in [6.07, 6.45) is -4.04. The van der Waals surface area contributed by atoms with Gasteiger partial charge in [0.1, 0.15) is 6.10 Å². The summed E-state index contributed by atoms with van der Waals surface area (Å²) in [5.41, 5.74) is 3.47. The molecule has 31 heavy (non-hydrogen) atoms. The lowest BCUT2D eigenvalue weighted by Crippen LogP contribution is -2.60. The summed E-state index contributed by atoms with van der Waals surface area (Å²) in [6.45, 7) is 6.97. The molecule has 1 aliphatic rings. The number of hydrogen-bond donors (Lipinski definition) is 1. The lowest BCUT2D eigenvalue weighted by molar-refractivity contribution is -0.266. The average molecular weight is 434 g/mol. The van der Waals surface area contributed by atoms with Gasteiger partial charge in [-0.15, -0.1) is 0 Å². The van der Waals surface area contributed by atoms with Crippen LogP contribution in [0.4, 0.5) is 0 Å². The fraction of sp³-hybridized carbons (Fsp3) is 0.524. The van der Waals surface area contributed by atoms with Gasteiger partial charge in [0.15, 0.2) is 24.5 Å². The maximum Gasteiger partial charge on any atom is 0.303 e. The van der Waals surface area contributed by atoms with Gasteiger partial charge in [-0.1, -0.05) is 0 Å². The number of ether oxygens (including phenoxy) is 4. The summed E-state index contributed by atoms with van der Waals surface area (Å²) >= 11 is 0. The van der Waals surface area contributed by atoms with Gasteiger partial charge in [0.2, 0.25) is 0 Å². The standard InChI is InChI=1S/C21H26N2O8/c1-10-6-15-16(7-11(10)2)23(9-22-15)21-20(30-14(5)27)19(29-13(4)26)18(28-12(3)25)17(8-24)31-21/h6-7,9,17-21,24H,8H2,1-5H3. The first-order chi connectivity index (χ1) is 14.6. The molecule has 0 saturated carbocycles. The minimum atomic E-state index is -1.20. The van der Waals surface area contributed by atoms with Crippen molar-refractivity contribution in [1.82, 2.24) is 9.55 Å². The SMILES string of the molecule is CC(=O)OC1C(CO)OC(n2cnc3cc(C)c(C)cc32)C(OC(C)=O)C1OC(C)=O. The van der Waals surface area contributed by atoms with Gasteiger partial charge in [-0.25, -0.2) is 4.98 Å². The van der Waals surface area contributed by atoms with Crippen LogP contribution in [0.3, 0.4) is 0 Å². The Bertz CT molecular complexity index is 1000. The van der Waals surface area contributed by atoms with Gasteiger partial charge in [-0.05, 0) is 37.1 Å². The largest absolute Gasteiger partial charge is 0.456 e. The van der Waals surface area contributed by atoms with Crippen molar-refractivity contribution < 1.29 is 38.4 Å². The number of nitrogens with zero attached hydrogens (tertiary/aromatic N) is 2. The molecule has 0 radical (unpaired) electrons. The molecule has 0 bridgehead atoms. The molecule has 0 aliphatic carbocycles. The van der Waals surface area contributed by atoms with Crippen LogP contribution in [0.5, 0.6) is 0 Å². The van der Waals surface area contributed by atoms with E-state index in [4.69, 9.17) is 18.9 Å². The van der Waals surface area contributed by atoms with Gasteiger partial charge in [0.05, 0.1) is 24.0 Å². The van der Waals surface area contributed by atoms with Crippen LogP contribution in [0.25, 0.3) is 11.0 Å². The highest BCUT2D eigenvalue weighted by molar-refractivity contribution is 5.77. The van der Waals surface area contributed by atoms with Crippen LogP contribution < -0.4 is 0 Å². The molecule has 1 N–H and O–H groups in total. The van der Waals surface area contributed by atoms with Crippen LogP contribution in [0.2, 0.25) is 0 Å². The number of fused-ring (bicyclic) bond motifs is 1. The van der Waals surface area contributed by atoms with E-state index < -0.39 is 55.2 Å². The normalized spacial score (nSPS) is 25.8. The van der Waals surface area contributed by atoms with Crippen LogP contribution in [0.15, 0.2) is 18.5 Å². The molecule has 5 unspecified atom stereocenters. The van der Waals surface area contributed by atoms with E-state index in [1.807, 2.05) is 26.0 Å². The summed E-state index contributed by atoms with van der Waals surface area (Å²) in [7, 11) is 0. The number of carbonyl (C=O) groups excluding carboxylic acids is 3. The number of esters is 3. The van der Waals surface area contributed by atoms with Crippen molar-refractivity contribution >= 4 is 28.9 Å². The Hall–Kier alpha value is -2.98. The summed E-state index contributed by atoms with van der Waals surface area (Å²) in [5.74, 6) is -1.97. The quantitative estimate of drug-likeness (QED) is 0.548. The number of carbonyl (C=O) groups is 3. The Morgan fingerprint density at radius 3 is 2.10 bits per heavy atom. The molecule has 0 spiro atoms. The summed E-state index contributed by atoms with van der Waals surface area (Å²) in [5, 5.41) is 9.91. The maximum absolute atomic E-state index is 11.9. The highest BCUT2D eigenvalue weighted by Crippen LogP contribution is 2.36. The Kier molecular flexibility index (Phi) is 6.61. The third kappa shape index (κ3) is 4.70. The molecule has 0 amide bonds. The second-order valence-corrected chi connectivity index (χ2v) is 7.55. The molecule has 2 aromatic rings. The van der Waals surface area contributed by atoms with E-state index >= 15 is 0 Å². The molecule has 1 aliphatic heterocycles. The Balaban J connectivity index is 2.13. The van der Waals surface area contributed by atoms with Crippen LogP contribution in [0, 0.1) is 13.8 Å². The van der Waals surface area contributed by atoms with Crippen molar-refractivity contribution in [3.05, 3.63) is 29.6 Å². The smallest absolute Gasteiger partial charge is 0.303 e. The predicted octanol–water partition coefficient (Wildman–Crippen LogP) is 1.34. The molecule has 1 saturated heterocycles. The second kappa shape index (κ2) is 9.03. The van der Waals surface area contributed by atoms with E-state index in [2.05, 4.69) is 4.98 Å². The summed E-state index contributed by atoms with van der Waals surface area (Å²) in [4.78, 5) is 39.8. The molecule has 2 heterocycles. The zero-order valence-electron chi connectivity index (χ0n) is 18.0. The van der Waals surface area contributed by atoms with Crippen molar-refractivity contribution in [2.24, 2.45) is 0 Å². The Morgan fingerprint density at radius 1 is 0.968 bits per heavy atom. The molecule has 1 aromatic carbocycles. The van der Waals surface area contributed by atoms with Gasteiger partial charge >= 0.3 is 17.9 Å². The molecular formula is C21H26N2O8. The van der Waals surface area contributed by atoms with Crippen molar-refractivity contribution in [3.8, 4) is 0 Å². The van der Waals surface area contributed by atoms with E-state index in [1.165, 1.54) is 27.1 Å².